The van der Waals surface area contributed by atoms with Gasteiger partial charge in [0.25, 0.3) is 0 Å². The van der Waals surface area contributed by atoms with E-state index < -0.39 is 27.5 Å². The second kappa shape index (κ2) is 5.88. The quantitative estimate of drug-likeness (QED) is 0.846. The minimum Gasteiger partial charge on any atom is -0.398 e. The topological polar surface area (TPSA) is 72.2 Å². The summed E-state index contributed by atoms with van der Waals surface area (Å²) in [6.45, 7) is 0. The summed E-state index contributed by atoms with van der Waals surface area (Å²) in [6.07, 6.45) is -4.65. The molecular weight excluding hydrogens is 317 g/mol. The zero-order valence-corrected chi connectivity index (χ0v) is 12.1. The molecule has 118 valence electrons. The van der Waals surface area contributed by atoms with Crippen LogP contribution in [-0.4, -0.2) is 8.42 Å². The van der Waals surface area contributed by atoms with Crippen LogP contribution < -0.4 is 10.5 Å². The molecule has 8 heteroatoms. The average molecular weight is 330 g/mol. The van der Waals surface area contributed by atoms with Crippen molar-refractivity contribution in [2.45, 2.75) is 11.9 Å². The Labute approximate surface area is 125 Å². The number of nitrogen functional groups attached to an aromatic ring is 1. The number of halogens is 3. The van der Waals surface area contributed by atoms with Gasteiger partial charge in [0.1, 0.15) is 0 Å². The highest BCUT2D eigenvalue weighted by molar-refractivity contribution is 7.91. The van der Waals surface area contributed by atoms with Crippen molar-refractivity contribution in [1.82, 2.24) is 0 Å². The standard InChI is InChI=1S/C14H13F3N2O2S/c15-14(16,17)12-8-11(6-7-13(12)18)19-22(20,21)9-10-4-2-1-3-5-10/h1-8,19H,9,18H2. The Hall–Kier alpha value is -2.22. The fraction of sp³-hybridized carbons (Fsp3) is 0.143. The fourth-order valence-electron chi connectivity index (χ4n) is 1.87. The molecule has 0 aliphatic heterocycles. The van der Waals surface area contributed by atoms with Gasteiger partial charge in [-0.3, -0.25) is 4.72 Å². The Kier molecular flexibility index (Phi) is 4.32. The van der Waals surface area contributed by atoms with E-state index in [9.17, 15) is 21.6 Å². The second-order valence-corrected chi connectivity index (χ2v) is 6.37. The normalized spacial score (nSPS) is 12.1. The lowest BCUT2D eigenvalue weighted by Gasteiger charge is -2.13. The third-order valence-electron chi connectivity index (χ3n) is 2.83. The molecule has 0 amide bonds. The van der Waals surface area contributed by atoms with Crippen LogP contribution >= 0.6 is 0 Å². The van der Waals surface area contributed by atoms with Gasteiger partial charge in [-0.25, -0.2) is 8.42 Å². The second-order valence-electron chi connectivity index (χ2n) is 4.65. The van der Waals surface area contributed by atoms with Gasteiger partial charge in [0, 0.05) is 11.4 Å². The van der Waals surface area contributed by atoms with Crippen molar-refractivity contribution >= 4 is 21.4 Å². The lowest BCUT2D eigenvalue weighted by atomic mass is 10.1. The molecule has 3 N–H and O–H groups in total. The van der Waals surface area contributed by atoms with Crippen LogP contribution in [0.25, 0.3) is 0 Å². The summed E-state index contributed by atoms with van der Waals surface area (Å²) in [5.74, 6) is -0.334. The van der Waals surface area contributed by atoms with E-state index in [1.807, 2.05) is 0 Å². The predicted octanol–water partition coefficient (Wildman–Crippen LogP) is 3.23. The Morgan fingerprint density at radius 3 is 2.27 bits per heavy atom. The number of rotatable bonds is 4. The number of hydrogen-bond donors (Lipinski definition) is 2. The largest absolute Gasteiger partial charge is 0.418 e. The van der Waals surface area contributed by atoms with Gasteiger partial charge in [-0.2, -0.15) is 13.2 Å². The van der Waals surface area contributed by atoms with Crippen LogP contribution in [0.5, 0.6) is 0 Å². The molecule has 0 atom stereocenters. The first-order chi connectivity index (χ1) is 10.2. The van der Waals surface area contributed by atoms with Crippen LogP contribution in [0.1, 0.15) is 11.1 Å². The third-order valence-corrected chi connectivity index (χ3v) is 4.09. The molecule has 0 saturated heterocycles. The predicted molar refractivity (Wildman–Crippen MR) is 78.5 cm³/mol. The molecule has 0 aromatic heterocycles. The molecule has 0 aliphatic carbocycles. The molecule has 4 nitrogen and oxygen atoms in total. The van der Waals surface area contributed by atoms with Crippen molar-refractivity contribution in [3.8, 4) is 0 Å². The van der Waals surface area contributed by atoms with Gasteiger partial charge in [-0.15, -0.1) is 0 Å². The Morgan fingerprint density at radius 2 is 1.68 bits per heavy atom. The highest BCUT2D eigenvalue weighted by Gasteiger charge is 2.33. The summed E-state index contributed by atoms with van der Waals surface area (Å²) in [6, 6.07) is 11.2. The monoisotopic (exact) mass is 330 g/mol. The molecule has 0 radical (unpaired) electrons. The molecule has 0 fully saturated rings. The Morgan fingerprint density at radius 1 is 1.05 bits per heavy atom. The van der Waals surface area contributed by atoms with E-state index in [1.165, 1.54) is 6.07 Å². The first kappa shape index (κ1) is 16.2. The van der Waals surface area contributed by atoms with Crippen molar-refractivity contribution in [2.75, 3.05) is 10.5 Å². The zero-order chi connectivity index (χ0) is 16.4. The van der Waals surface area contributed by atoms with E-state index >= 15 is 0 Å². The van der Waals surface area contributed by atoms with E-state index in [-0.39, 0.29) is 11.4 Å². The molecule has 22 heavy (non-hydrogen) atoms. The number of nitrogens with two attached hydrogens (primary N) is 1. The third kappa shape index (κ3) is 4.14. The first-order valence-corrected chi connectivity index (χ1v) is 7.84. The van der Waals surface area contributed by atoms with E-state index in [0.717, 1.165) is 6.07 Å². The van der Waals surface area contributed by atoms with E-state index in [1.54, 1.807) is 30.3 Å². The van der Waals surface area contributed by atoms with Gasteiger partial charge in [-0.1, -0.05) is 30.3 Å². The summed E-state index contributed by atoms with van der Waals surface area (Å²) >= 11 is 0. The number of benzene rings is 2. The van der Waals surface area contributed by atoms with Crippen LogP contribution in [-0.2, 0) is 22.0 Å². The zero-order valence-electron chi connectivity index (χ0n) is 11.3. The van der Waals surface area contributed by atoms with Gasteiger partial charge >= 0.3 is 6.18 Å². The highest BCUT2D eigenvalue weighted by atomic mass is 32.2. The van der Waals surface area contributed by atoms with Crippen LogP contribution in [0.4, 0.5) is 24.5 Å². The molecule has 2 aromatic carbocycles. The maximum Gasteiger partial charge on any atom is 0.418 e. The average Bonchev–Trinajstić information content (AvgIpc) is 2.40. The number of alkyl halides is 3. The first-order valence-electron chi connectivity index (χ1n) is 6.18. The van der Waals surface area contributed by atoms with Gasteiger partial charge in [0.15, 0.2) is 0 Å². The number of anilines is 2. The summed E-state index contributed by atoms with van der Waals surface area (Å²) in [5, 5.41) is 0. The molecule has 0 saturated carbocycles. The SMILES string of the molecule is Nc1ccc(NS(=O)(=O)Cc2ccccc2)cc1C(F)(F)F. The molecule has 0 bridgehead atoms. The van der Waals surface area contributed by atoms with Crippen molar-refractivity contribution in [3.05, 3.63) is 59.7 Å². The fourth-order valence-corrected chi connectivity index (χ4v) is 3.06. The maximum atomic E-state index is 12.8. The molecule has 0 aliphatic rings. The Balaban J connectivity index is 2.23. The van der Waals surface area contributed by atoms with Gasteiger partial charge < -0.3 is 5.73 Å². The van der Waals surface area contributed by atoms with Crippen LogP contribution in [0.2, 0.25) is 0 Å². The molecular formula is C14H13F3N2O2S. The number of nitrogens with one attached hydrogen (secondary N) is 1. The summed E-state index contributed by atoms with van der Waals surface area (Å²) in [5.41, 5.74) is 4.08. The maximum absolute atomic E-state index is 12.8. The summed E-state index contributed by atoms with van der Waals surface area (Å²) in [7, 11) is -3.82. The smallest absolute Gasteiger partial charge is 0.398 e. The number of sulfonamides is 1. The van der Waals surface area contributed by atoms with E-state index in [4.69, 9.17) is 5.73 Å². The molecule has 0 spiro atoms. The minimum absolute atomic E-state index is 0.183. The molecule has 0 unspecified atom stereocenters. The van der Waals surface area contributed by atoms with Crippen molar-refractivity contribution in [1.29, 1.82) is 0 Å². The lowest BCUT2D eigenvalue weighted by molar-refractivity contribution is -0.136. The summed E-state index contributed by atoms with van der Waals surface area (Å²) < 4.78 is 64.4. The minimum atomic E-state index is -4.65. The lowest BCUT2D eigenvalue weighted by Crippen LogP contribution is -2.16. The highest BCUT2D eigenvalue weighted by Crippen LogP contribution is 2.35. The molecule has 0 heterocycles. The van der Waals surface area contributed by atoms with Crippen molar-refractivity contribution in [3.63, 3.8) is 0 Å². The number of hydrogen-bond acceptors (Lipinski definition) is 3. The molecule has 2 rings (SSSR count). The van der Waals surface area contributed by atoms with Gasteiger partial charge in [0.05, 0.1) is 11.3 Å². The van der Waals surface area contributed by atoms with Crippen LogP contribution in [0, 0.1) is 0 Å². The summed E-state index contributed by atoms with van der Waals surface area (Å²) in [4.78, 5) is 0. The Bertz CT molecular complexity index is 759. The van der Waals surface area contributed by atoms with E-state index in [2.05, 4.69) is 4.72 Å². The van der Waals surface area contributed by atoms with Crippen molar-refractivity contribution < 1.29 is 21.6 Å². The van der Waals surface area contributed by atoms with Gasteiger partial charge in [0.2, 0.25) is 10.0 Å². The van der Waals surface area contributed by atoms with Crippen LogP contribution in [0.3, 0.4) is 0 Å². The molecule has 2 aromatic rings. The van der Waals surface area contributed by atoms with Crippen molar-refractivity contribution in [2.24, 2.45) is 0 Å². The van der Waals surface area contributed by atoms with Crippen LogP contribution in [0.15, 0.2) is 48.5 Å². The van der Waals surface area contributed by atoms with E-state index in [0.29, 0.717) is 11.6 Å². The van der Waals surface area contributed by atoms with Gasteiger partial charge in [-0.05, 0) is 23.8 Å².